The number of nitrogen functional groups attached to an aromatic ring is 1. The molecule has 0 fully saturated rings. The van der Waals surface area contributed by atoms with Crippen LogP contribution in [0, 0.1) is 20.8 Å². The van der Waals surface area contributed by atoms with Crippen LogP contribution >= 0.6 is 0 Å². The van der Waals surface area contributed by atoms with Gasteiger partial charge >= 0.3 is 0 Å². The number of nitrogens with two attached hydrogens (primary N) is 1. The quantitative estimate of drug-likeness (QED) is 0.801. The molecule has 3 rings (SSSR count). The molecule has 0 saturated carbocycles. The lowest BCUT2D eigenvalue weighted by atomic mass is 10.1. The summed E-state index contributed by atoms with van der Waals surface area (Å²) in [6.07, 6.45) is 2.53. The number of anilines is 1. The van der Waals surface area contributed by atoms with Gasteiger partial charge in [0.25, 0.3) is 0 Å². The number of nitrogens with zero attached hydrogens (tertiary/aromatic N) is 3. The van der Waals surface area contributed by atoms with Crippen molar-refractivity contribution in [2.24, 2.45) is 0 Å². The average Bonchev–Trinajstić information content (AvgIpc) is 2.72. The normalized spacial score (nSPS) is 11.2. The number of rotatable bonds is 3. The van der Waals surface area contributed by atoms with Crippen molar-refractivity contribution in [3.8, 4) is 0 Å². The molecule has 4 heteroatoms. The fourth-order valence-corrected chi connectivity index (χ4v) is 2.89. The van der Waals surface area contributed by atoms with Gasteiger partial charge in [-0.2, -0.15) is 0 Å². The van der Waals surface area contributed by atoms with E-state index in [1.807, 2.05) is 0 Å². The third-order valence-electron chi connectivity index (χ3n) is 4.30. The topological polar surface area (TPSA) is 56.7 Å². The monoisotopic (exact) mass is 280 g/mol. The van der Waals surface area contributed by atoms with Crippen LogP contribution in [0.4, 0.5) is 5.82 Å². The van der Waals surface area contributed by atoms with Crippen LogP contribution in [0.3, 0.4) is 0 Å². The van der Waals surface area contributed by atoms with Crippen LogP contribution in [0.2, 0.25) is 0 Å². The minimum Gasteiger partial charge on any atom is -0.383 e. The van der Waals surface area contributed by atoms with Gasteiger partial charge in [-0.1, -0.05) is 24.3 Å². The van der Waals surface area contributed by atoms with Crippen LogP contribution in [-0.4, -0.2) is 14.5 Å². The van der Waals surface area contributed by atoms with E-state index in [-0.39, 0.29) is 0 Å². The van der Waals surface area contributed by atoms with E-state index in [1.165, 1.54) is 22.4 Å². The Labute approximate surface area is 124 Å². The fourth-order valence-electron chi connectivity index (χ4n) is 2.89. The highest BCUT2D eigenvalue weighted by molar-refractivity contribution is 5.90. The second-order valence-corrected chi connectivity index (χ2v) is 5.50. The van der Waals surface area contributed by atoms with Gasteiger partial charge in [0.15, 0.2) is 0 Å². The van der Waals surface area contributed by atoms with Crippen molar-refractivity contribution in [1.82, 2.24) is 14.5 Å². The van der Waals surface area contributed by atoms with Gasteiger partial charge in [-0.25, -0.2) is 9.97 Å². The van der Waals surface area contributed by atoms with Crippen LogP contribution in [0.1, 0.15) is 22.4 Å². The van der Waals surface area contributed by atoms with Gasteiger partial charge < -0.3 is 10.3 Å². The first kappa shape index (κ1) is 13.6. The van der Waals surface area contributed by atoms with Crippen molar-refractivity contribution >= 4 is 16.9 Å². The molecule has 0 saturated heterocycles. The van der Waals surface area contributed by atoms with Crippen LogP contribution in [0.5, 0.6) is 0 Å². The largest absolute Gasteiger partial charge is 0.383 e. The highest BCUT2D eigenvalue weighted by Crippen LogP contribution is 2.27. The van der Waals surface area contributed by atoms with E-state index in [1.54, 1.807) is 6.33 Å². The second kappa shape index (κ2) is 5.20. The number of aryl methyl sites for hydroxylation is 4. The molecule has 0 bridgehead atoms. The molecule has 0 atom stereocenters. The zero-order valence-corrected chi connectivity index (χ0v) is 12.7. The first-order valence-electron chi connectivity index (χ1n) is 7.20. The molecule has 0 aliphatic carbocycles. The average molecular weight is 280 g/mol. The predicted octanol–water partition coefficient (Wildman–Crippen LogP) is 3.18. The van der Waals surface area contributed by atoms with E-state index in [4.69, 9.17) is 5.73 Å². The Morgan fingerprint density at radius 3 is 2.62 bits per heavy atom. The van der Waals surface area contributed by atoms with Crippen LogP contribution in [0.25, 0.3) is 11.0 Å². The highest BCUT2D eigenvalue weighted by atomic mass is 15.1. The molecule has 0 radical (unpaired) electrons. The molecule has 21 heavy (non-hydrogen) atoms. The Bertz CT molecular complexity index is 802. The molecular weight excluding hydrogens is 260 g/mol. The Morgan fingerprint density at radius 1 is 1.10 bits per heavy atom. The molecule has 4 nitrogen and oxygen atoms in total. The fraction of sp³-hybridized carbons (Fsp3) is 0.294. The van der Waals surface area contributed by atoms with E-state index in [2.05, 4.69) is 59.6 Å². The van der Waals surface area contributed by atoms with Gasteiger partial charge in [0.1, 0.15) is 17.8 Å². The standard InChI is InChI=1S/C17H20N4/c1-11-6-4-5-7-14(11)8-9-21-13(3)12(2)15-16(18)19-10-20-17(15)21/h4-7,10H,8-9H2,1-3H3,(H2,18,19,20). The van der Waals surface area contributed by atoms with Gasteiger partial charge in [0.05, 0.1) is 5.39 Å². The van der Waals surface area contributed by atoms with Gasteiger partial charge in [-0.05, 0) is 43.9 Å². The van der Waals surface area contributed by atoms with Crippen molar-refractivity contribution in [1.29, 1.82) is 0 Å². The minimum atomic E-state index is 0.565. The summed E-state index contributed by atoms with van der Waals surface area (Å²) in [5, 5.41) is 0.986. The summed E-state index contributed by atoms with van der Waals surface area (Å²) in [7, 11) is 0. The molecule has 0 aliphatic heterocycles. The van der Waals surface area contributed by atoms with E-state index < -0.39 is 0 Å². The predicted molar refractivity (Wildman–Crippen MR) is 86.3 cm³/mol. The van der Waals surface area contributed by atoms with Gasteiger partial charge in [0.2, 0.25) is 0 Å². The van der Waals surface area contributed by atoms with E-state index in [0.717, 1.165) is 24.0 Å². The Kier molecular flexibility index (Phi) is 3.37. The third-order valence-corrected chi connectivity index (χ3v) is 4.30. The SMILES string of the molecule is Cc1ccccc1CCn1c(C)c(C)c2c(N)ncnc21. The lowest BCUT2D eigenvalue weighted by Gasteiger charge is -2.09. The van der Waals surface area contributed by atoms with E-state index in [0.29, 0.717) is 5.82 Å². The second-order valence-electron chi connectivity index (χ2n) is 5.50. The number of benzene rings is 1. The Morgan fingerprint density at radius 2 is 1.86 bits per heavy atom. The molecule has 2 heterocycles. The summed E-state index contributed by atoms with van der Waals surface area (Å²) in [5.74, 6) is 0.565. The van der Waals surface area contributed by atoms with Crippen molar-refractivity contribution in [2.45, 2.75) is 33.7 Å². The Hall–Kier alpha value is -2.36. The highest BCUT2D eigenvalue weighted by Gasteiger charge is 2.14. The molecule has 3 aromatic rings. The third kappa shape index (κ3) is 2.27. The molecule has 0 spiro atoms. The van der Waals surface area contributed by atoms with Crippen LogP contribution in [-0.2, 0) is 13.0 Å². The van der Waals surface area contributed by atoms with E-state index >= 15 is 0 Å². The number of fused-ring (bicyclic) bond motifs is 1. The first-order chi connectivity index (χ1) is 10.1. The van der Waals surface area contributed by atoms with Gasteiger partial charge in [-0.15, -0.1) is 0 Å². The molecule has 0 aliphatic rings. The number of hydrogen-bond acceptors (Lipinski definition) is 3. The van der Waals surface area contributed by atoms with Crippen molar-refractivity contribution in [3.63, 3.8) is 0 Å². The van der Waals surface area contributed by atoms with Crippen molar-refractivity contribution in [3.05, 3.63) is 53.0 Å². The summed E-state index contributed by atoms with van der Waals surface area (Å²) >= 11 is 0. The smallest absolute Gasteiger partial charge is 0.145 e. The summed E-state index contributed by atoms with van der Waals surface area (Å²) in [6, 6.07) is 8.51. The maximum absolute atomic E-state index is 6.01. The molecule has 1 aromatic carbocycles. The lowest BCUT2D eigenvalue weighted by Crippen LogP contribution is -2.05. The molecule has 2 N–H and O–H groups in total. The number of hydrogen-bond donors (Lipinski definition) is 1. The summed E-state index contributed by atoms with van der Waals surface area (Å²) in [5.41, 5.74) is 12.0. The van der Waals surface area contributed by atoms with Crippen molar-refractivity contribution < 1.29 is 0 Å². The van der Waals surface area contributed by atoms with Gasteiger partial charge in [0, 0.05) is 12.2 Å². The first-order valence-corrected chi connectivity index (χ1v) is 7.20. The maximum Gasteiger partial charge on any atom is 0.145 e. The molecule has 2 aromatic heterocycles. The van der Waals surface area contributed by atoms with Crippen molar-refractivity contribution in [2.75, 3.05) is 5.73 Å². The van der Waals surface area contributed by atoms with Crippen LogP contribution in [0.15, 0.2) is 30.6 Å². The molecular formula is C17H20N4. The summed E-state index contributed by atoms with van der Waals surface area (Å²) in [4.78, 5) is 8.54. The van der Waals surface area contributed by atoms with Gasteiger partial charge in [-0.3, -0.25) is 0 Å². The molecule has 0 unspecified atom stereocenters. The lowest BCUT2D eigenvalue weighted by molar-refractivity contribution is 0.692. The summed E-state index contributed by atoms with van der Waals surface area (Å²) in [6.45, 7) is 7.26. The maximum atomic E-state index is 6.01. The number of aromatic nitrogens is 3. The zero-order chi connectivity index (χ0) is 15.0. The summed E-state index contributed by atoms with van der Waals surface area (Å²) < 4.78 is 2.25. The van der Waals surface area contributed by atoms with E-state index in [9.17, 15) is 0 Å². The minimum absolute atomic E-state index is 0.565. The van der Waals surface area contributed by atoms with Crippen LogP contribution < -0.4 is 5.73 Å². The molecule has 108 valence electrons. The molecule has 0 amide bonds. The zero-order valence-electron chi connectivity index (χ0n) is 12.7. The Balaban J connectivity index is 2.00.